The first-order valence-electron chi connectivity index (χ1n) is 5.48. The lowest BCUT2D eigenvalue weighted by atomic mass is 10.1. The largest absolute Gasteiger partial charge is 0.270 e. The fourth-order valence-corrected chi connectivity index (χ4v) is 1.76. The highest BCUT2D eigenvalue weighted by Gasteiger charge is 2.04. The minimum Gasteiger partial charge on any atom is -0.267 e. The van der Waals surface area contributed by atoms with Crippen molar-refractivity contribution in [1.82, 2.24) is 4.98 Å². The van der Waals surface area contributed by atoms with Crippen LogP contribution in [-0.2, 0) is 4.79 Å². The third-order valence-corrected chi connectivity index (χ3v) is 2.60. The van der Waals surface area contributed by atoms with Crippen LogP contribution in [0.2, 0.25) is 0 Å². The van der Waals surface area contributed by atoms with Crippen LogP contribution < -0.4 is 10.6 Å². The Kier molecular flexibility index (Phi) is 2.47. The second-order valence-corrected chi connectivity index (χ2v) is 3.82. The summed E-state index contributed by atoms with van der Waals surface area (Å²) in [5.41, 5.74) is 1.71. The summed E-state index contributed by atoms with van der Waals surface area (Å²) in [5, 5.41) is 1.51. The second-order valence-electron chi connectivity index (χ2n) is 3.82. The molecule has 2 aromatic rings. The summed E-state index contributed by atoms with van der Waals surface area (Å²) in [5.74, 6) is 5.88. The van der Waals surface area contributed by atoms with Gasteiger partial charge in [-0.15, -0.1) is 0 Å². The molecule has 3 rings (SSSR count). The van der Waals surface area contributed by atoms with Gasteiger partial charge in [0, 0.05) is 34.8 Å². The fraction of sp³-hybridized carbons (Fsp3) is 0. The summed E-state index contributed by atoms with van der Waals surface area (Å²) in [6.45, 7) is 0. The van der Waals surface area contributed by atoms with Crippen LogP contribution in [0.15, 0.2) is 47.7 Å². The molecule has 0 unspecified atom stereocenters. The van der Waals surface area contributed by atoms with Gasteiger partial charge in [-0.1, -0.05) is 17.9 Å². The Balaban J connectivity index is 2.11. The van der Waals surface area contributed by atoms with Crippen LogP contribution in [0, 0.1) is 11.8 Å². The van der Waals surface area contributed by atoms with Gasteiger partial charge in [-0.3, -0.25) is 9.78 Å². The average molecular weight is 232 g/mol. The molecule has 0 fully saturated rings. The number of fused-ring (bicyclic) bond motifs is 1. The van der Waals surface area contributed by atoms with Crippen molar-refractivity contribution in [2.75, 3.05) is 0 Å². The maximum absolute atomic E-state index is 11.2. The summed E-state index contributed by atoms with van der Waals surface area (Å²) in [7, 11) is 0. The van der Waals surface area contributed by atoms with E-state index in [1.807, 2.05) is 30.3 Å². The first-order chi connectivity index (χ1) is 8.83. The van der Waals surface area contributed by atoms with E-state index in [9.17, 15) is 4.79 Å². The number of amides is 1. The van der Waals surface area contributed by atoms with Gasteiger partial charge in [0.25, 0.3) is 5.91 Å². The standard InChI is InChI=1S/C15H8N2O/c18-15-10-13-12(2-1-3-14(13)17-15)5-4-11-6-8-16-9-7-11/h1-3,6-10H. The van der Waals surface area contributed by atoms with E-state index >= 15 is 0 Å². The van der Waals surface area contributed by atoms with Crippen molar-refractivity contribution in [3.05, 3.63) is 64.4 Å². The molecule has 0 bridgehead atoms. The minimum atomic E-state index is -0.219. The first-order valence-corrected chi connectivity index (χ1v) is 5.48. The minimum absolute atomic E-state index is 0.219. The molecular formula is C15H8N2O. The molecule has 3 heteroatoms. The van der Waals surface area contributed by atoms with E-state index < -0.39 is 0 Å². The van der Waals surface area contributed by atoms with Crippen molar-refractivity contribution in [3.8, 4) is 11.8 Å². The van der Waals surface area contributed by atoms with Crippen molar-refractivity contribution in [1.29, 1.82) is 0 Å². The highest BCUT2D eigenvalue weighted by atomic mass is 16.1. The fourth-order valence-electron chi connectivity index (χ4n) is 1.76. The van der Waals surface area contributed by atoms with Crippen molar-refractivity contribution >= 4 is 12.0 Å². The van der Waals surface area contributed by atoms with Gasteiger partial charge in [0.1, 0.15) is 0 Å². The lowest BCUT2D eigenvalue weighted by Crippen LogP contribution is -2.24. The summed E-state index contributed by atoms with van der Waals surface area (Å²) >= 11 is 0. The lowest BCUT2D eigenvalue weighted by molar-refractivity contribution is -0.112. The number of pyridine rings is 1. The van der Waals surface area contributed by atoms with E-state index in [-0.39, 0.29) is 5.91 Å². The van der Waals surface area contributed by atoms with Crippen LogP contribution in [-0.4, -0.2) is 10.9 Å². The summed E-state index contributed by atoms with van der Waals surface area (Å²) in [4.78, 5) is 19.1. The Bertz CT molecular complexity index is 796. The normalized spacial score (nSPS) is 11.9. The quantitative estimate of drug-likeness (QED) is 0.618. The Hall–Kier alpha value is -2.73. The van der Waals surface area contributed by atoms with Gasteiger partial charge in [-0.05, 0) is 24.3 Å². The number of hydrogen-bond donors (Lipinski definition) is 0. The molecule has 1 aromatic heterocycles. The lowest BCUT2D eigenvalue weighted by Gasteiger charge is -1.90. The van der Waals surface area contributed by atoms with E-state index in [1.165, 1.54) is 6.08 Å². The van der Waals surface area contributed by atoms with E-state index in [2.05, 4.69) is 21.8 Å². The van der Waals surface area contributed by atoms with Crippen LogP contribution in [0.5, 0.6) is 0 Å². The highest BCUT2D eigenvalue weighted by Crippen LogP contribution is 1.95. The molecule has 84 valence electrons. The summed E-state index contributed by atoms with van der Waals surface area (Å²) in [6.07, 6.45) is 4.92. The molecular weight excluding hydrogens is 224 g/mol. The van der Waals surface area contributed by atoms with Gasteiger partial charge in [-0.2, -0.15) is 0 Å². The monoisotopic (exact) mass is 232 g/mol. The Morgan fingerprint density at radius 1 is 1.00 bits per heavy atom. The molecule has 0 atom stereocenters. The molecule has 0 saturated carbocycles. The Morgan fingerprint density at radius 3 is 2.67 bits per heavy atom. The first kappa shape index (κ1) is 10.4. The number of benzene rings is 1. The van der Waals surface area contributed by atoms with Crippen LogP contribution in [0.3, 0.4) is 0 Å². The maximum atomic E-state index is 11.2. The third kappa shape index (κ3) is 1.92. The van der Waals surface area contributed by atoms with Crippen molar-refractivity contribution in [2.45, 2.75) is 0 Å². The summed E-state index contributed by atoms with van der Waals surface area (Å²) < 4.78 is 0. The van der Waals surface area contributed by atoms with E-state index in [0.717, 1.165) is 16.3 Å². The van der Waals surface area contributed by atoms with Crippen LogP contribution in [0.4, 0.5) is 0 Å². The molecule has 0 radical (unpaired) electrons. The molecule has 1 amide bonds. The molecule has 1 aliphatic rings. The van der Waals surface area contributed by atoms with Gasteiger partial charge in [0.15, 0.2) is 0 Å². The number of hydrogen-bond acceptors (Lipinski definition) is 2. The van der Waals surface area contributed by atoms with Gasteiger partial charge in [0.2, 0.25) is 0 Å². The van der Waals surface area contributed by atoms with Crippen LogP contribution >= 0.6 is 0 Å². The molecule has 3 nitrogen and oxygen atoms in total. The van der Waals surface area contributed by atoms with Crippen LogP contribution in [0.1, 0.15) is 11.1 Å². The Labute approximate surface area is 104 Å². The van der Waals surface area contributed by atoms with Gasteiger partial charge in [-0.25, -0.2) is 4.99 Å². The predicted octanol–water partition coefficient (Wildman–Crippen LogP) is 0.422. The van der Waals surface area contributed by atoms with Crippen LogP contribution in [0.25, 0.3) is 6.08 Å². The molecule has 18 heavy (non-hydrogen) atoms. The van der Waals surface area contributed by atoms with Crippen molar-refractivity contribution in [2.24, 2.45) is 4.99 Å². The zero-order valence-corrected chi connectivity index (χ0v) is 9.42. The molecule has 1 aromatic carbocycles. The van der Waals surface area contributed by atoms with E-state index in [0.29, 0.717) is 5.36 Å². The molecule has 0 saturated heterocycles. The number of nitrogens with zero attached hydrogens (tertiary/aromatic N) is 2. The maximum Gasteiger partial charge on any atom is 0.270 e. The molecule has 0 spiro atoms. The zero-order chi connectivity index (χ0) is 12.4. The molecule has 0 N–H and O–H groups in total. The van der Waals surface area contributed by atoms with E-state index in [1.54, 1.807) is 12.4 Å². The van der Waals surface area contributed by atoms with Crippen molar-refractivity contribution < 1.29 is 4.79 Å². The Morgan fingerprint density at radius 2 is 1.83 bits per heavy atom. The average Bonchev–Trinajstić information content (AvgIpc) is 2.78. The topological polar surface area (TPSA) is 42.3 Å². The molecule has 1 aliphatic heterocycles. The van der Waals surface area contributed by atoms with Gasteiger partial charge < -0.3 is 0 Å². The summed E-state index contributed by atoms with van der Waals surface area (Å²) in [6, 6.07) is 9.24. The molecule has 2 heterocycles. The number of rotatable bonds is 0. The molecule has 0 aliphatic carbocycles. The highest BCUT2D eigenvalue weighted by molar-refractivity contribution is 6.06. The van der Waals surface area contributed by atoms with Gasteiger partial charge in [0.05, 0.1) is 5.36 Å². The third-order valence-electron chi connectivity index (χ3n) is 2.60. The van der Waals surface area contributed by atoms with E-state index in [4.69, 9.17) is 0 Å². The number of aromatic nitrogens is 1. The number of carbonyl (C=O) groups excluding carboxylic acids is 1. The second kappa shape index (κ2) is 4.27. The van der Waals surface area contributed by atoms with Gasteiger partial charge >= 0.3 is 0 Å². The van der Waals surface area contributed by atoms with Crippen molar-refractivity contribution in [3.63, 3.8) is 0 Å². The zero-order valence-electron chi connectivity index (χ0n) is 9.42. The SMILES string of the molecule is O=C1C=c2c(C#Cc3ccncc3)cccc2=N1. The smallest absolute Gasteiger partial charge is 0.267 e. The predicted molar refractivity (Wildman–Crippen MR) is 66.9 cm³/mol. The number of carbonyl (C=O) groups is 1.